The second kappa shape index (κ2) is 9.30. The Morgan fingerprint density at radius 2 is 1.72 bits per heavy atom. The van der Waals surface area contributed by atoms with Crippen LogP contribution in [0.5, 0.6) is 28.7 Å². The summed E-state index contributed by atoms with van der Waals surface area (Å²) in [7, 11) is 1.31. The summed E-state index contributed by atoms with van der Waals surface area (Å²) in [6.07, 6.45) is -5.34. The summed E-state index contributed by atoms with van der Waals surface area (Å²) in [5.41, 5.74) is -0.533. The zero-order chi connectivity index (χ0) is 23.6. The number of rotatable bonds is 7. The minimum Gasteiger partial charge on any atom is -0.508 e. The highest BCUT2D eigenvalue weighted by molar-refractivity contribution is 6.13. The van der Waals surface area contributed by atoms with Crippen LogP contribution < -0.4 is 9.47 Å². The van der Waals surface area contributed by atoms with Gasteiger partial charge in [0.25, 0.3) is 0 Å². The number of phenols is 3. The normalized spacial score (nSPS) is 22.4. The van der Waals surface area contributed by atoms with Gasteiger partial charge >= 0.3 is 5.97 Å². The maximum Gasteiger partial charge on any atom is 0.303 e. The van der Waals surface area contributed by atoms with Crippen LogP contribution in [0, 0.1) is 0 Å². The lowest BCUT2D eigenvalue weighted by atomic mass is 10.0. The highest BCUT2D eigenvalue weighted by Crippen LogP contribution is 2.38. The lowest BCUT2D eigenvalue weighted by Crippen LogP contribution is -2.39. The second-order valence-electron chi connectivity index (χ2n) is 6.99. The molecule has 32 heavy (non-hydrogen) atoms. The molecule has 0 saturated carbocycles. The molecule has 1 aliphatic rings. The molecule has 0 spiro atoms. The van der Waals surface area contributed by atoms with Crippen LogP contribution in [0.25, 0.3) is 0 Å². The molecule has 5 N–H and O–H groups in total. The number of hydrogen-bond donors (Lipinski definition) is 5. The Bertz CT molecular complexity index is 999. The molecule has 3 rings (SSSR count). The fourth-order valence-electron chi connectivity index (χ4n) is 3.30. The predicted octanol–water partition coefficient (Wildman–Crippen LogP) is 0.432. The van der Waals surface area contributed by atoms with Gasteiger partial charge in [-0.2, -0.15) is 0 Å². The van der Waals surface area contributed by atoms with E-state index in [4.69, 9.17) is 18.9 Å². The predicted molar refractivity (Wildman–Crippen MR) is 106 cm³/mol. The third-order valence-corrected chi connectivity index (χ3v) is 4.70. The molecule has 0 amide bonds. The Balaban J connectivity index is 2.00. The van der Waals surface area contributed by atoms with Gasteiger partial charge in [-0.05, 0) is 12.1 Å². The molecule has 1 fully saturated rings. The van der Waals surface area contributed by atoms with E-state index < -0.39 is 48.7 Å². The molecule has 0 aromatic heterocycles. The minimum absolute atomic E-state index is 0.107. The maximum atomic E-state index is 13.1. The van der Waals surface area contributed by atoms with Gasteiger partial charge in [0.2, 0.25) is 12.1 Å². The Labute approximate surface area is 182 Å². The van der Waals surface area contributed by atoms with Crippen LogP contribution in [-0.4, -0.2) is 75.6 Å². The number of hydrogen-bond acceptors (Lipinski definition) is 11. The average molecular weight is 450 g/mol. The number of aliphatic hydroxyl groups is 2. The first kappa shape index (κ1) is 23.1. The summed E-state index contributed by atoms with van der Waals surface area (Å²) in [5, 5.41) is 49.8. The topological polar surface area (TPSA) is 172 Å². The number of ketones is 1. The highest BCUT2D eigenvalue weighted by atomic mass is 16.7. The number of aromatic hydroxyl groups is 3. The van der Waals surface area contributed by atoms with E-state index in [0.29, 0.717) is 0 Å². The van der Waals surface area contributed by atoms with E-state index >= 15 is 0 Å². The fraction of sp³-hybridized carbons (Fsp3) is 0.333. The Morgan fingerprint density at radius 1 is 1.06 bits per heavy atom. The van der Waals surface area contributed by atoms with Crippen LogP contribution in [0.15, 0.2) is 30.3 Å². The van der Waals surface area contributed by atoms with Crippen molar-refractivity contribution in [1.29, 1.82) is 0 Å². The van der Waals surface area contributed by atoms with Crippen molar-refractivity contribution in [2.45, 2.75) is 31.5 Å². The van der Waals surface area contributed by atoms with Crippen LogP contribution in [0.1, 0.15) is 22.8 Å². The monoisotopic (exact) mass is 450 g/mol. The quantitative estimate of drug-likeness (QED) is 0.292. The average Bonchev–Trinajstić information content (AvgIpc) is 3.01. The number of carbonyl (C=O) groups is 2. The molecule has 11 nitrogen and oxygen atoms in total. The third kappa shape index (κ3) is 4.69. The van der Waals surface area contributed by atoms with Crippen LogP contribution in [0.3, 0.4) is 0 Å². The lowest BCUT2D eigenvalue weighted by Gasteiger charge is -2.21. The van der Waals surface area contributed by atoms with Crippen molar-refractivity contribution in [2.75, 3.05) is 13.7 Å². The van der Waals surface area contributed by atoms with E-state index in [9.17, 15) is 35.1 Å². The first-order valence-corrected chi connectivity index (χ1v) is 9.41. The fourth-order valence-corrected chi connectivity index (χ4v) is 3.30. The number of ether oxygens (including phenoxy) is 4. The number of methoxy groups -OCH3 is 1. The van der Waals surface area contributed by atoms with Gasteiger partial charge in [-0.1, -0.05) is 0 Å². The van der Waals surface area contributed by atoms with Gasteiger partial charge in [-0.3, -0.25) is 9.59 Å². The van der Waals surface area contributed by atoms with Gasteiger partial charge in [-0.25, -0.2) is 0 Å². The van der Waals surface area contributed by atoms with Gasteiger partial charge in [0.15, 0.2) is 12.2 Å². The van der Waals surface area contributed by atoms with Crippen molar-refractivity contribution < 1.29 is 54.1 Å². The Morgan fingerprint density at radius 3 is 2.28 bits per heavy atom. The van der Waals surface area contributed by atoms with Crippen LogP contribution in [-0.2, 0) is 14.3 Å². The summed E-state index contributed by atoms with van der Waals surface area (Å²) < 4.78 is 21.1. The van der Waals surface area contributed by atoms with Gasteiger partial charge in [0, 0.05) is 30.7 Å². The molecule has 1 saturated heterocycles. The zero-order valence-electron chi connectivity index (χ0n) is 17.1. The van der Waals surface area contributed by atoms with Gasteiger partial charge in [-0.15, -0.1) is 0 Å². The summed E-state index contributed by atoms with van der Waals surface area (Å²) in [5.74, 6) is -3.00. The number of benzene rings is 2. The number of esters is 1. The molecule has 172 valence electrons. The first-order valence-electron chi connectivity index (χ1n) is 9.41. The van der Waals surface area contributed by atoms with Crippen molar-refractivity contribution in [1.82, 2.24) is 0 Å². The Kier molecular flexibility index (Phi) is 6.72. The van der Waals surface area contributed by atoms with Crippen molar-refractivity contribution in [3.63, 3.8) is 0 Å². The van der Waals surface area contributed by atoms with Crippen molar-refractivity contribution in [3.05, 3.63) is 41.5 Å². The largest absolute Gasteiger partial charge is 0.508 e. The van der Waals surface area contributed by atoms with Gasteiger partial charge in [0.05, 0.1) is 13.7 Å². The third-order valence-electron chi connectivity index (χ3n) is 4.70. The van der Waals surface area contributed by atoms with Gasteiger partial charge < -0.3 is 44.5 Å². The van der Waals surface area contributed by atoms with Crippen molar-refractivity contribution >= 4 is 11.8 Å². The molecule has 2 aromatic rings. The SMILES string of the molecule is COc1cc(O)c(C(=O)c2cc(O)cc(O)c2)c(OC2OC(CO)C(OC(C)=O)C2O)c1. The van der Waals surface area contributed by atoms with E-state index in [-0.39, 0.29) is 34.1 Å². The summed E-state index contributed by atoms with van der Waals surface area (Å²) >= 11 is 0. The Hall–Kier alpha value is -3.54. The van der Waals surface area contributed by atoms with Crippen molar-refractivity contribution in [3.8, 4) is 28.7 Å². The minimum atomic E-state index is -1.53. The van der Waals surface area contributed by atoms with Crippen LogP contribution >= 0.6 is 0 Å². The maximum absolute atomic E-state index is 13.1. The molecule has 0 bridgehead atoms. The standard InChI is InChI=1S/C21H22O11/c1-9(23)30-20-16(8-22)32-21(19(20)28)31-15-7-13(29-2)6-14(26)17(15)18(27)10-3-11(24)5-12(25)4-10/h3-7,16,19-22,24-26,28H,8H2,1-2H3. The molecule has 4 atom stereocenters. The zero-order valence-corrected chi connectivity index (χ0v) is 17.1. The first-order chi connectivity index (χ1) is 15.1. The van der Waals surface area contributed by atoms with E-state index in [1.165, 1.54) is 13.2 Å². The van der Waals surface area contributed by atoms with E-state index in [1.807, 2.05) is 0 Å². The van der Waals surface area contributed by atoms with E-state index in [0.717, 1.165) is 31.2 Å². The number of aliphatic hydroxyl groups excluding tert-OH is 2. The summed E-state index contributed by atoms with van der Waals surface area (Å²) in [6, 6.07) is 5.57. The molecule has 11 heteroatoms. The molecule has 2 aromatic carbocycles. The van der Waals surface area contributed by atoms with Gasteiger partial charge in [0.1, 0.15) is 40.4 Å². The summed E-state index contributed by atoms with van der Waals surface area (Å²) in [4.78, 5) is 24.4. The molecular formula is C21H22O11. The molecule has 4 unspecified atom stereocenters. The second-order valence-corrected chi connectivity index (χ2v) is 6.99. The molecular weight excluding hydrogens is 428 g/mol. The smallest absolute Gasteiger partial charge is 0.303 e. The van der Waals surface area contributed by atoms with Crippen molar-refractivity contribution in [2.24, 2.45) is 0 Å². The highest BCUT2D eigenvalue weighted by Gasteiger charge is 2.47. The number of phenolic OH excluding ortho intramolecular Hbond substituents is 3. The van der Waals surface area contributed by atoms with E-state index in [1.54, 1.807) is 0 Å². The molecule has 0 aliphatic carbocycles. The molecule has 1 heterocycles. The lowest BCUT2D eigenvalue weighted by molar-refractivity contribution is -0.153. The number of carbonyl (C=O) groups excluding carboxylic acids is 2. The van der Waals surface area contributed by atoms with Crippen LogP contribution in [0.2, 0.25) is 0 Å². The van der Waals surface area contributed by atoms with Crippen LogP contribution in [0.4, 0.5) is 0 Å². The van der Waals surface area contributed by atoms with E-state index in [2.05, 4.69) is 0 Å². The summed E-state index contributed by atoms with van der Waals surface area (Å²) in [6.45, 7) is 0.531. The molecule has 0 radical (unpaired) electrons. The molecule has 1 aliphatic heterocycles.